The number of nitrogens with one attached hydrogen (secondary N) is 1. The average molecular weight is 593 g/mol. The Bertz CT molecular complexity index is 1640. The van der Waals surface area contributed by atoms with Crippen LogP contribution in [0, 0.1) is 18.6 Å². The molecule has 0 atom stereocenters. The second-order valence-corrected chi connectivity index (χ2v) is 8.99. The minimum atomic E-state index is -1.14. The number of H-pyrrole nitrogens is 1. The zero-order valence-electron chi connectivity index (χ0n) is 22.7. The summed E-state index contributed by atoms with van der Waals surface area (Å²) in [6.45, 7) is 3.23. The number of methoxy groups -OCH3 is 2. The molecule has 2 aromatic heterocycles. The predicted octanol–water partition coefficient (Wildman–Crippen LogP) is 4.67. The van der Waals surface area contributed by atoms with Crippen LogP contribution in [0.5, 0.6) is 23.1 Å². The van der Waals surface area contributed by atoms with Gasteiger partial charge in [-0.2, -0.15) is 4.98 Å². The molecule has 0 aliphatic rings. The number of benzene rings is 2. The summed E-state index contributed by atoms with van der Waals surface area (Å²) >= 11 is 6.61. The molecule has 41 heavy (non-hydrogen) atoms. The number of hydrogen-bond donors (Lipinski definition) is 1. The highest BCUT2D eigenvalue weighted by Gasteiger charge is 2.22. The number of hydrogen-bond acceptors (Lipinski definition) is 9. The SMILES string of the molecule is CCOC(=O)CCCOc1cc(Cl)c(-n2c(=O)[nH]c3c(OC)nc(C)nc32)cc1OCc1c(OC)ccc(F)c1F. The van der Waals surface area contributed by atoms with Gasteiger partial charge < -0.3 is 23.7 Å². The normalized spacial score (nSPS) is 11.0. The minimum Gasteiger partial charge on any atom is -0.496 e. The summed E-state index contributed by atoms with van der Waals surface area (Å²) < 4.78 is 56.9. The van der Waals surface area contributed by atoms with E-state index in [9.17, 15) is 18.4 Å². The number of ether oxygens (including phenoxy) is 5. The Hall–Kier alpha value is -4.39. The molecule has 0 radical (unpaired) electrons. The van der Waals surface area contributed by atoms with E-state index in [0.717, 1.165) is 6.07 Å². The Morgan fingerprint density at radius 1 is 1.07 bits per heavy atom. The van der Waals surface area contributed by atoms with Crippen LogP contribution in [0.15, 0.2) is 29.1 Å². The molecule has 0 saturated heterocycles. The van der Waals surface area contributed by atoms with Gasteiger partial charge in [0.1, 0.15) is 23.7 Å². The van der Waals surface area contributed by atoms with Crippen molar-refractivity contribution in [2.45, 2.75) is 33.3 Å². The standard InChI is InChI=1S/C27H27ClF2N4O7/c1-5-39-22(35)7-6-10-40-20-11-16(28)18(34-25-24(33-27(34)36)26(38-4)32-14(2)31-25)12-21(20)41-13-15-19(37-3)9-8-17(29)23(15)30/h8-9,11-12H,5-7,10,13H2,1-4H3,(H,33,36). The maximum atomic E-state index is 14.6. The Kier molecular flexibility index (Phi) is 9.28. The number of aromatic nitrogens is 4. The minimum absolute atomic E-state index is 0.0465. The highest BCUT2D eigenvalue weighted by Crippen LogP contribution is 2.37. The van der Waals surface area contributed by atoms with Crippen molar-refractivity contribution in [3.63, 3.8) is 0 Å². The lowest BCUT2D eigenvalue weighted by molar-refractivity contribution is -0.143. The fourth-order valence-corrected chi connectivity index (χ4v) is 4.28. The summed E-state index contributed by atoms with van der Waals surface area (Å²) in [5.41, 5.74) is -0.175. The Morgan fingerprint density at radius 2 is 1.83 bits per heavy atom. The van der Waals surface area contributed by atoms with E-state index >= 15 is 0 Å². The van der Waals surface area contributed by atoms with Gasteiger partial charge in [-0.1, -0.05) is 11.6 Å². The number of aryl methyl sites for hydroxylation is 1. The largest absolute Gasteiger partial charge is 0.496 e. The molecule has 14 heteroatoms. The van der Waals surface area contributed by atoms with Crippen LogP contribution in [0.1, 0.15) is 31.2 Å². The van der Waals surface area contributed by atoms with Crippen molar-refractivity contribution < 1.29 is 37.3 Å². The van der Waals surface area contributed by atoms with E-state index < -0.39 is 23.9 Å². The van der Waals surface area contributed by atoms with Crippen LogP contribution in [-0.2, 0) is 16.1 Å². The third kappa shape index (κ3) is 6.35. The molecule has 11 nitrogen and oxygen atoms in total. The predicted molar refractivity (Wildman–Crippen MR) is 144 cm³/mol. The van der Waals surface area contributed by atoms with Gasteiger partial charge in [0.2, 0.25) is 5.88 Å². The number of aromatic amines is 1. The number of imidazole rings is 1. The molecule has 0 aliphatic heterocycles. The van der Waals surface area contributed by atoms with Gasteiger partial charge in [-0.3, -0.25) is 9.78 Å². The zero-order chi connectivity index (χ0) is 29.7. The maximum Gasteiger partial charge on any atom is 0.332 e. The molecule has 1 N–H and O–H groups in total. The highest BCUT2D eigenvalue weighted by atomic mass is 35.5. The van der Waals surface area contributed by atoms with E-state index in [1.165, 1.54) is 37.0 Å². The summed E-state index contributed by atoms with van der Waals surface area (Å²) in [5.74, 6) is -1.84. The van der Waals surface area contributed by atoms with Crippen LogP contribution in [0.2, 0.25) is 5.02 Å². The number of halogens is 3. The molecule has 4 rings (SSSR count). The summed E-state index contributed by atoms with van der Waals surface area (Å²) in [5, 5.41) is 0.0884. The van der Waals surface area contributed by atoms with E-state index in [1.54, 1.807) is 13.8 Å². The first-order chi connectivity index (χ1) is 19.7. The van der Waals surface area contributed by atoms with Crippen molar-refractivity contribution in [1.82, 2.24) is 19.5 Å². The molecule has 0 saturated carbocycles. The molecule has 0 unspecified atom stereocenters. The van der Waals surface area contributed by atoms with Crippen molar-refractivity contribution in [2.75, 3.05) is 27.4 Å². The third-order valence-corrected chi connectivity index (χ3v) is 6.20. The Morgan fingerprint density at radius 3 is 2.54 bits per heavy atom. The third-order valence-electron chi connectivity index (χ3n) is 5.90. The van der Waals surface area contributed by atoms with E-state index in [-0.39, 0.29) is 76.2 Å². The summed E-state index contributed by atoms with van der Waals surface area (Å²) in [4.78, 5) is 35.9. The van der Waals surface area contributed by atoms with E-state index in [0.29, 0.717) is 12.2 Å². The molecule has 218 valence electrons. The summed E-state index contributed by atoms with van der Waals surface area (Å²) in [6.07, 6.45) is 0.440. The molecular formula is C27H27ClF2N4O7. The monoisotopic (exact) mass is 592 g/mol. The first-order valence-corrected chi connectivity index (χ1v) is 12.9. The number of carbonyl (C=O) groups is 1. The highest BCUT2D eigenvalue weighted by molar-refractivity contribution is 6.32. The molecule has 0 fully saturated rings. The quantitative estimate of drug-likeness (QED) is 0.184. The van der Waals surface area contributed by atoms with Crippen LogP contribution in [0.4, 0.5) is 8.78 Å². The van der Waals surface area contributed by atoms with E-state index in [1.807, 2.05) is 0 Å². The topological polar surface area (TPSA) is 127 Å². The van der Waals surface area contributed by atoms with E-state index in [2.05, 4.69) is 15.0 Å². The van der Waals surface area contributed by atoms with Crippen LogP contribution in [0.3, 0.4) is 0 Å². The van der Waals surface area contributed by atoms with Gasteiger partial charge in [-0.05, 0) is 32.4 Å². The van der Waals surface area contributed by atoms with Gasteiger partial charge >= 0.3 is 11.7 Å². The molecule has 2 heterocycles. The number of nitrogens with zero attached hydrogens (tertiary/aromatic N) is 3. The van der Waals surface area contributed by atoms with Crippen molar-refractivity contribution in [2.24, 2.45) is 0 Å². The Balaban J connectivity index is 1.75. The van der Waals surface area contributed by atoms with Crippen LogP contribution >= 0.6 is 11.6 Å². The van der Waals surface area contributed by atoms with Crippen LogP contribution in [-0.4, -0.2) is 52.9 Å². The number of esters is 1. The van der Waals surface area contributed by atoms with Gasteiger partial charge in [-0.25, -0.2) is 23.1 Å². The van der Waals surface area contributed by atoms with Crippen molar-refractivity contribution >= 4 is 28.7 Å². The molecule has 4 aromatic rings. The molecular weight excluding hydrogens is 566 g/mol. The first-order valence-electron chi connectivity index (χ1n) is 12.5. The molecule has 0 amide bonds. The van der Waals surface area contributed by atoms with Crippen LogP contribution < -0.4 is 24.6 Å². The second-order valence-electron chi connectivity index (χ2n) is 8.58. The number of carbonyl (C=O) groups excluding carboxylic acids is 1. The zero-order valence-corrected chi connectivity index (χ0v) is 23.4. The fraction of sp³-hybridized carbons (Fsp3) is 0.333. The average Bonchev–Trinajstić information content (AvgIpc) is 3.27. The van der Waals surface area contributed by atoms with Gasteiger partial charge in [0, 0.05) is 18.6 Å². The lowest BCUT2D eigenvalue weighted by Gasteiger charge is -2.17. The number of fused-ring (bicyclic) bond motifs is 1. The maximum absolute atomic E-state index is 14.6. The Labute approximate surface area is 237 Å². The van der Waals surface area contributed by atoms with Gasteiger partial charge in [0.05, 0.1) is 43.7 Å². The summed E-state index contributed by atoms with van der Waals surface area (Å²) in [6, 6.07) is 5.04. The molecule has 0 aliphatic carbocycles. The molecule has 2 aromatic carbocycles. The van der Waals surface area contributed by atoms with E-state index in [4.69, 9.17) is 35.3 Å². The van der Waals surface area contributed by atoms with Gasteiger partial charge in [0.25, 0.3) is 0 Å². The van der Waals surface area contributed by atoms with Crippen molar-refractivity contribution in [3.8, 4) is 28.8 Å². The van der Waals surface area contributed by atoms with Crippen molar-refractivity contribution in [1.29, 1.82) is 0 Å². The molecule has 0 bridgehead atoms. The summed E-state index contributed by atoms with van der Waals surface area (Å²) in [7, 11) is 2.72. The fourth-order valence-electron chi connectivity index (χ4n) is 4.04. The lowest BCUT2D eigenvalue weighted by Crippen LogP contribution is -2.16. The van der Waals surface area contributed by atoms with Crippen molar-refractivity contribution in [3.05, 3.63) is 62.8 Å². The van der Waals surface area contributed by atoms with Gasteiger partial charge in [0.15, 0.2) is 28.8 Å². The smallest absolute Gasteiger partial charge is 0.332 e. The number of rotatable bonds is 12. The lowest BCUT2D eigenvalue weighted by atomic mass is 10.2. The first kappa shape index (κ1) is 29.6. The van der Waals surface area contributed by atoms with Crippen LogP contribution in [0.25, 0.3) is 16.9 Å². The second kappa shape index (κ2) is 12.9. The molecule has 0 spiro atoms. The van der Waals surface area contributed by atoms with Gasteiger partial charge in [-0.15, -0.1) is 0 Å².